The third-order valence-electron chi connectivity index (χ3n) is 3.80. The lowest BCUT2D eigenvalue weighted by molar-refractivity contribution is 0.620. The first-order valence-electron chi connectivity index (χ1n) is 7.29. The van der Waals surface area contributed by atoms with Gasteiger partial charge in [-0.2, -0.15) is 10.2 Å². The first-order valence-corrected chi connectivity index (χ1v) is 7.29. The summed E-state index contributed by atoms with van der Waals surface area (Å²) in [5.41, 5.74) is 3.50. The van der Waals surface area contributed by atoms with Crippen molar-refractivity contribution >= 4 is 34.1 Å². The molecule has 4 rings (SSSR count). The third kappa shape index (κ3) is 2.34. The number of aryl methyl sites for hydroxylation is 1. The first-order chi connectivity index (χ1) is 11.6. The molecule has 0 aliphatic carbocycles. The van der Waals surface area contributed by atoms with Crippen LogP contribution in [-0.4, -0.2) is 14.5 Å². The van der Waals surface area contributed by atoms with Gasteiger partial charge in [0.1, 0.15) is 11.3 Å². The van der Waals surface area contributed by atoms with Gasteiger partial charge in [-0.15, -0.1) is 0 Å². The van der Waals surface area contributed by atoms with Crippen LogP contribution in [0.2, 0.25) is 0 Å². The predicted molar refractivity (Wildman–Crippen MR) is 87.3 cm³/mol. The van der Waals surface area contributed by atoms with E-state index in [2.05, 4.69) is 21.4 Å². The van der Waals surface area contributed by atoms with Gasteiger partial charge in [0.25, 0.3) is 0 Å². The molecule has 0 saturated carbocycles. The molecule has 0 spiro atoms. The highest BCUT2D eigenvalue weighted by atomic mass is 19.1. The second-order valence-corrected chi connectivity index (χ2v) is 5.41. The lowest BCUT2D eigenvalue weighted by Gasteiger charge is -2.01. The highest BCUT2D eigenvalue weighted by molar-refractivity contribution is 5.80. The average Bonchev–Trinajstić information content (AvgIpc) is 3.08. The van der Waals surface area contributed by atoms with E-state index in [1.54, 1.807) is 16.7 Å². The maximum absolute atomic E-state index is 13.3. The number of benzene rings is 2. The van der Waals surface area contributed by atoms with Crippen LogP contribution in [0.25, 0.3) is 22.1 Å². The van der Waals surface area contributed by atoms with Crippen LogP contribution in [0.3, 0.4) is 0 Å². The van der Waals surface area contributed by atoms with Crippen LogP contribution in [0.4, 0.5) is 16.4 Å². The zero-order chi connectivity index (χ0) is 16.7. The summed E-state index contributed by atoms with van der Waals surface area (Å²) in [6.45, 7) is 0. The molecule has 118 valence electrons. The quantitative estimate of drug-likeness (QED) is 0.623. The lowest BCUT2D eigenvalue weighted by Crippen LogP contribution is -1.98. The average molecular weight is 321 g/mol. The largest absolute Gasteiger partial charge is 0.423 e. The van der Waals surface area contributed by atoms with E-state index in [-0.39, 0.29) is 11.8 Å². The Bertz CT molecular complexity index is 1110. The number of nitrogens with one attached hydrogen (secondary N) is 1. The molecule has 2 aromatic heterocycles. The SMILES string of the molecule is Cn1c(Nc2nc3cc(CC#N)ccc3o2)nc2cc(F)ccc21. The Morgan fingerprint density at radius 3 is 2.92 bits per heavy atom. The molecule has 0 unspecified atom stereocenters. The van der Waals surface area contributed by atoms with E-state index in [0.29, 0.717) is 29.0 Å². The number of nitrogens with zero attached hydrogens (tertiary/aromatic N) is 4. The van der Waals surface area contributed by atoms with Crippen molar-refractivity contribution in [3.8, 4) is 6.07 Å². The predicted octanol–water partition coefficient (Wildman–Crippen LogP) is 3.66. The van der Waals surface area contributed by atoms with E-state index in [1.165, 1.54) is 12.1 Å². The summed E-state index contributed by atoms with van der Waals surface area (Å²) in [5.74, 6) is 0.165. The highest BCUT2D eigenvalue weighted by Crippen LogP contribution is 2.25. The van der Waals surface area contributed by atoms with Crippen LogP contribution in [0.1, 0.15) is 5.56 Å². The van der Waals surface area contributed by atoms with Gasteiger partial charge in [-0.25, -0.2) is 9.37 Å². The minimum atomic E-state index is -0.334. The molecule has 0 aliphatic heterocycles. The van der Waals surface area contributed by atoms with Gasteiger partial charge >= 0.3 is 6.01 Å². The molecule has 2 heterocycles. The van der Waals surface area contributed by atoms with Gasteiger partial charge in [0.05, 0.1) is 23.5 Å². The molecule has 1 N–H and O–H groups in total. The zero-order valence-corrected chi connectivity index (χ0v) is 12.7. The van der Waals surface area contributed by atoms with Gasteiger partial charge in [0.2, 0.25) is 5.95 Å². The van der Waals surface area contributed by atoms with Crippen LogP contribution >= 0.6 is 0 Å². The standard InChI is InChI=1S/C17H12FN5O/c1-23-14-4-3-11(18)9-12(14)20-16(23)22-17-21-13-8-10(6-7-19)2-5-15(13)24-17/h2-5,8-9H,6H2,1H3,(H,20,21,22). The highest BCUT2D eigenvalue weighted by Gasteiger charge is 2.12. The molecule has 0 fully saturated rings. The number of aromatic nitrogens is 3. The fourth-order valence-corrected chi connectivity index (χ4v) is 2.61. The number of hydrogen-bond donors (Lipinski definition) is 1. The Balaban J connectivity index is 1.71. The van der Waals surface area contributed by atoms with Crippen LogP contribution in [0.5, 0.6) is 0 Å². The molecule has 0 atom stereocenters. The van der Waals surface area contributed by atoms with Crippen LogP contribution in [-0.2, 0) is 13.5 Å². The van der Waals surface area contributed by atoms with Crippen LogP contribution in [0.15, 0.2) is 40.8 Å². The van der Waals surface area contributed by atoms with E-state index in [1.807, 2.05) is 19.2 Å². The number of imidazole rings is 1. The Hall–Kier alpha value is -3.40. The van der Waals surface area contributed by atoms with Crippen LogP contribution in [0, 0.1) is 17.1 Å². The molecule has 0 aliphatic rings. The van der Waals surface area contributed by atoms with Crippen molar-refractivity contribution in [2.45, 2.75) is 6.42 Å². The fourth-order valence-electron chi connectivity index (χ4n) is 2.61. The number of oxazole rings is 1. The monoisotopic (exact) mass is 321 g/mol. The number of hydrogen-bond acceptors (Lipinski definition) is 5. The van der Waals surface area contributed by atoms with E-state index in [9.17, 15) is 4.39 Å². The second-order valence-electron chi connectivity index (χ2n) is 5.41. The van der Waals surface area contributed by atoms with Crippen molar-refractivity contribution in [1.82, 2.24) is 14.5 Å². The molecular formula is C17H12FN5O. The van der Waals surface area contributed by atoms with Gasteiger partial charge in [-0.05, 0) is 29.8 Å². The molecule has 0 amide bonds. The molecule has 24 heavy (non-hydrogen) atoms. The van der Waals surface area contributed by atoms with E-state index < -0.39 is 0 Å². The van der Waals surface area contributed by atoms with Crippen LogP contribution < -0.4 is 5.32 Å². The maximum Gasteiger partial charge on any atom is 0.302 e. The third-order valence-corrected chi connectivity index (χ3v) is 3.80. The maximum atomic E-state index is 13.3. The Kier molecular flexibility index (Phi) is 3.17. The number of anilines is 2. The zero-order valence-electron chi connectivity index (χ0n) is 12.7. The van der Waals surface area contributed by atoms with Crippen molar-refractivity contribution in [2.24, 2.45) is 7.05 Å². The van der Waals surface area contributed by atoms with Gasteiger partial charge in [0, 0.05) is 13.1 Å². The Morgan fingerprint density at radius 2 is 2.08 bits per heavy atom. The molecule has 6 nitrogen and oxygen atoms in total. The van der Waals surface area contributed by atoms with Crippen molar-refractivity contribution in [3.05, 3.63) is 47.8 Å². The Labute approximate surface area is 136 Å². The molecule has 4 aromatic rings. The summed E-state index contributed by atoms with van der Waals surface area (Å²) in [6.07, 6.45) is 0.321. The number of fused-ring (bicyclic) bond motifs is 2. The van der Waals surface area contributed by atoms with Gasteiger partial charge < -0.3 is 8.98 Å². The Morgan fingerprint density at radius 1 is 1.21 bits per heavy atom. The molecular weight excluding hydrogens is 309 g/mol. The lowest BCUT2D eigenvalue weighted by atomic mass is 10.1. The normalized spacial score (nSPS) is 11.0. The van der Waals surface area contributed by atoms with Crippen molar-refractivity contribution in [3.63, 3.8) is 0 Å². The minimum absolute atomic E-state index is 0.290. The summed E-state index contributed by atoms with van der Waals surface area (Å²) in [6, 6.07) is 12.3. The number of rotatable bonds is 3. The van der Waals surface area contributed by atoms with E-state index in [0.717, 1.165) is 11.1 Å². The van der Waals surface area contributed by atoms with E-state index in [4.69, 9.17) is 9.68 Å². The van der Waals surface area contributed by atoms with Crippen molar-refractivity contribution in [1.29, 1.82) is 5.26 Å². The van der Waals surface area contributed by atoms with Gasteiger partial charge in [-0.1, -0.05) is 6.07 Å². The van der Waals surface area contributed by atoms with E-state index >= 15 is 0 Å². The topological polar surface area (TPSA) is 79.7 Å². The van der Waals surface area contributed by atoms with Crippen molar-refractivity contribution < 1.29 is 8.81 Å². The second kappa shape index (κ2) is 5.35. The summed E-state index contributed by atoms with van der Waals surface area (Å²) in [7, 11) is 1.82. The minimum Gasteiger partial charge on any atom is -0.423 e. The van der Waals surface area contributed by atoms with Gasteiger partial charge in [0.15, 0.2) is 5.58 Å². The smallest absolute Gasteiger partial charge is 0.302 e. The molecule has 0 bridgehead atoms. The fraction of sp³-hybridized carbons (Fsp3) is 0.118. The number of nitriles is 1. The summed E-state index contributed by atoms with van der Waals surface area (Å²) in [5, 5.41) is 11.8. The van der Waals surface area contributed by atoms with Gasteiger partial charge in [-0.3, -0.25) is 5.32 Å². The van der Waals surface area contributed by atoms with Crippen molar-refractivity contribution in [2.75, 3.05) is 5.32 Å². The summed E-state index contributed by atoms with van der Waals surface area (Å²) < 4.78 is 20.8. The molecule has 7 heteroatoms. The first kappa shape index (κ1) is 14.2. The number of halogens is 1. The summed E-state index contributed by atoms with van der Waals surface area (Å²) >= 11 is 0. The summed E-state index contributed by atoms with van der Waals surface area (Å²) in [4.78, 5) is 8.72. The molecule has 2 aromatic carbocycles. The molecule has 0 radical (unpaired) electrons. The molecule has 0 saturated heterocycles.